The lowest BCUT2D eigenvalue weighted by molar-refractivity contribution is 0.0555. The molecule has 1 saturated heterocycles. The van der Waals surface area contributed by atoms with Crippen molar-refractivity contribution in [3.05, 3.63) is 35.9 Å². The minimum Gasteiger partial charge on any atom is -0.371 e. The molecule has 0 saturated carbocycles. The minimum atomic E-state index is 0.348. The molecule has 1 aromatic carbocycles. The Labute approximate surface area is 73.4 Å². The van der Waals surface area contributed by atoms with Crippen LogP contribution in [0, 0.1) is 0 Å². The zero-order valence-corrected chi connectivity index (χ0v) is 7.36. The fourth-order valence-corrected chi connectivity index (χ4v) is 1.72. The van der Waals surface area contributed by atoms with Gasteiger partial charge < -0.3 is 4.74 Å². The van der Waals surface area contributed by atoms with Gasteiger partial charge in [-0.3, -0.25) is 0 Å². The highest BCUT2D eigenvalue weighted by Crippen LogP contribution is 2.31. The summed E-state index contributed by atoms with van der Waals surface area (Å²) in [5.74, 6) is 0. The molecule has 1 heteroatoms. The molecular weight excluding hydrogens is 148 g/mol. The first-order valence-corrected chi connectivity index (χ1v) is 4.56. The molecular formula is C11H14O. The molecule has 1 heterocycles. The minimum absolute atomic E-state index is 0.348. The first-order chi connectivity index (χ1) is 5.86. The largest absolute Gasteiger partial charge is 0.371 e. The van der Waals surface area contributed by atoms with E-state index in [1.54, 1.807) is 0 Å². The van der Waals surface area contributed by atoms with Crippen LogP contribution in [0.4, 0.5) is 0 Å². The van der Waals surface area contributed by atoms with Gasteiger partial charge >= 0.3 is 0 Å². The third kappa shape index (κ3) is 1.51. The summed E-state index contributed by atoms with van der Waals surface area (Å²) in [7, 11) is 0. The van der Waals surface area contributed by atoms with Gasteiger partial charge in [0.15, 0.2) is 0 Å². The number of benzene rings is 1. The summed E-state index contributed by atoms with van der Waals surface area (Å²) in [6.07, 6.45) is 3.15. The molecule has 1 unspecified atom stereocenters. The van der Waals surface area contributed by atoms with Crippen LogP contribution in [0.3, 0.4) is 0 Å². The normalized spacial score (nSPS) is 29.1. The Balaban J connectivity index is 2.11. The molecule has 0 spiro atoms. The van der Waals surface area contributed by atoms with Crippen molar-refractivity contribution in [2.75, 3.05) is 0 Å². The van der Waals surface area contributed by atoms with E-state index in [-0.39, 0.29) is 0 Å². The van der Waals surface area contributed by atoms with E-state index in [0.717, 1.165) is 0 Å². The van der Waals surface area contributed by atoms with Crippen LogP contribution >= 0.6 is 0 Å². The molecule has 0 amide bonds. The summed E-state index contributed by atoms with van der Waals surface area (Å²) in [6, 6.07) is 10.5. The summed E-state index contributed by atoms with van der Waals surface area (Å²) >= 11 is 0. The molecule has 1 fully saturated rings. The third-order valence-electron chi connectivity index (χ3n) is 2.40. The van der Waals surface area contributed by atoms with Gasteiger partial charge in [-0.2, -0.15) is 0 Å². The van der Waals surface area contributed by atoms with Gasteiger partial charge in [-0.25, -0.2) is 0 Å². The number of ether oxygens (including phenoxy) is 1. The first-order valence-electron chi connectivity index (χ1n) is 4.56. The molecule has 0 aromatic heterocycles. The zero-order chi connectivity index (χ0) is 8.39. The third-order valence-corrected chi connectivity index (χ3v) is 2.40. The van der Waals surface area contributed by atoms with Crippen LogP contribution < -0.4 is 0 Å². The smallest absolute Gasteiger partial charge is 0.0829 e. The van der Waals surface area contributed by atoms with Gasteiger partial charge in [-0.05, 0) is 25.3 Å². The lowest BCUT2D eigenvalue weighted by Gasteiger charge is -2.10. The van der Waals surface area contributed by atoms with Crippen LogP contribution in [0.15, 0.2) is 30.3 Å². The second-order valence-electron chi connectivity index (χ2n) is 3.42. The number of hydrogen-bond acceptors (Lipinski definition) is 1. The second-order valence-corrected chi connectivity index (χ2v) is 3.42. The highest BCUT2D eigenvalue weighted by Gasteiger charge is 2.22. The summed E-state index contributed by atoms with van der Waals surface area (Å²) < 4.78 is 5.75. The van der Waals surface area contributed by atoms with Crippen molar-refractivity contribution in [2.45, 2.75) is 32.0 Å². The van der Waals surface area contributed by atoms with E-state index in [1.807, 2.05) is 6.07 Å². The zero-order valence-electron chi connectivity index (χ0n) is 7.36. The van der Waals surface area contributed by atoms with Crippen molar-refractivity contribution in [3.63, 3.8) is 0 Å². The highest BCUT2D eigenvalue weighted by atomic mass is 16.5. The van der Waals surface area contributed by atoms with E-state index in [1.165, 1.54) is 18.4 Å². The van der Waals surface area contributed by atoms with E-state index in [2.05, 4.69) is 31.2 Å². The summed E-state index contributed by atoms with van der Waals surface area (Å²) in [5.41, 5.74) is 1.32. The fourth-order valence-electron chi connectivity index (χ4n) is 1.72. The lowest BCUT2D eigenvalue weighted by Crippen LogP contribution is -2.00. The van der Waals surface area contributed by atoms with Crippen molar-refractivity contribution in [1.82, 2.24) is 0 Å². The Morgan fingerprint density at radius 2 is 1.92 bits per heavy atom. The second kappa shape index (κ2) is 3.28. The Kier molecular flexibility index (Phi) is 2.13. The van der Waals surface area contributed by atoms with Gasteiger partial charge in [0.1, 0.15) is 0 Å². The molecule has 2 rings (SSSR count). The fraction of sp³-hybridized carbons (Fsp3) is 0.455. The van der Waals surface area contributed by atoms with Gasteiger partial charge in [-0.15, -0.1) is 0 Å². The summed E-state index contributed by atoms with van der Waals surface area (Å²) in [5, 5.41) is 0. The highest BCUT2D eigenvalue weighted by molar-refractivity contribution is 5.18. The van der Waals surface area contributed by atoms with Crippen molar-refractivity contribution < 1.29 is 4.74 Å². The molecule has 2 atom stereocenters. The molecule has 0 radical (unpaired) electrons. The molecule has 0 aliphatic carbocycles. The van der Waals surface area contributed by atoms with Crippen molar-refractivity contribution in [3.8, 4) is 0 Å². The van der Waals surface area contributed by atoms with E-state index in [4.69, 9.17) is 4.74 Å². The molecule has 1 aliphatic heterocycles. The summed E-state index contributed by atoms with van der Waals surface area (Å²) in [4.78, 5) is 0. The van der Waals surface area contributed by atoms with Crippen molar-refractivity contribution >= 4 is 0 Å². The van der Waals surface area contributed by atoms with Crippen LogP contribution in [0.5, 0.6) is 0 Å². The van der Waals surface area contributed by atoms with Gasteiger partial charge in [0.2, 0.25) is 0 Å². The average Bonchev–Trinajstić information content (AvgIpc) is 2.54. The summed E-state index contributed by atoms with van der Waals surface area (Å²) in [6.45, 7) is 2.14. The van der Waals surface area contributed by atoms with Crippen LogP contribution in [0.2, 0.25) is 0 Å². The predicted octanol–water partition coefficient (Wildman–Crippen LogP) is 2.93. The lowest BCUT2D eigenvalue weighted by atomic mass is 10.1. The Bertz CT molecular complexity index is 242. The molecule has 1 aromatic rings. The van der Waals surface area contributed by atoms with Gasteiger partial charge in [0, 0.05) is 0 Å². The van der Waals surface area contributed by atoms with Crippen LogP contribution in [0.25, 0.3) is 0 Å². The quantitative estimate of drug-likeness (QED) is 0.617. The van der Waals surface area contributed by atoms with Crippen LogP contribution in [0.1, 0.15) is 31.4 Å². The maximum Gasteiger partial charge on any atom is 0.0829 e. The molecule has 0 bridgehead atoms. The van der Waals surface area contributed by atoms with Gasteiger partial charge in [-0.1, -0.05) is 30.3 Å². The topological polar surface area (TPSA) is 9.23 Å². The van der Waals surface area contributed by atoms with E-state index in [0.29, 0.717) is 12.2 Å². The monoisotopic (exact) mass is 162 g/mol. The first kappa shape index (κ1) is 7.81. The molecule has 1 nitrogen and oxygen atoms in total. The van der Waals surface area contributed by atoms with Crippen LogP contribution in [-0.2, 0) is 4.74 Å². The van der Waals surface area contributed by atoms with Crippen molar-refractivity contribution in [2.24, 2.45) is 0 Å². The van der Waals surface area contributed by atoms with Crippen LogP contribution in [-0.4, -0.2) is 6.10 Å². The van der Waals surface area contributed by atoms with Gasteiger partial charge in [0.05, 0.1) is 12.2 Å². The number of hydrogen-bond donors (Lipinski definition) is 0. The number of rotatable bonds is 1. The maximum absolute atomic E-state index is 5.75. The Morgan fingerprint density at radius 1 is 1.17 bits per heavy atom. The maximum atomic E-state index is 5.75. The molecule has 1 aliphatic rings. The predicted molar refractivity (Wildman–Crippen MR) is 49.0 cm³/mol. The van der Waals surface area contributed by atoms with Gasteiger partial charge in [0.25, 0.3) is 0 Å². The van der Waals surface area contributed by atoms with Crippen molar-refractivity contribution in [1.29, 1.82) is 0 Å². The average molecular weight is 162 g/mol. The van der Waals surface area contributed by atoms with E-state index >= 15 is 0 Å². The SMILES string of the molecule is C[C@H]1CCC(c2ccccc2)O1. The molecule has 64 valence electrons. The van der Waals surface area contributed by atoms with E-state index in [9.17, 15) is 0 Å². The van der Waals surface area contributed by atoms with E-state index < -0.39 is 0 Å². The molecule has 12 heavy (non-hydrogen) atoms. The standard InChI is InChI=1S/C11H14O/c1-9-7-8-11(12-9)10-5-3-2-4-6-10/h2-6,9,11H,7-8H2,1H3/t9-,11?/m0/s1. The molecule has 0 N–H and O–H groups in total. The Hall–Kier alpha value is -0.820. The Morgan fingerprint density at radius 3 is 2.50 bits per heavy atom.